The third-order valence-electron chi connectivity index (χ3n) is 7.55. The molecule has 2 aliphatic heterocycles. The predicted molar refractivity (Wildman–Crippen MR) is 159 cm³/mol. The quantitative estimate of drug-likeness (QED) is 0.384. The number of ether oxygens (including phenoxy) is 2. The zero-order chi connectivity index (χ0) is 30.6. The summed E-state index contributed by atoms with van der Waals surface area (Å²) in [4.78, 5) is 38.7. The van der Waals surface area contributed by atoms with Crippen LogP contribution in [0.1, 0.15) is 23.2 Å². The molecule has 0 radical (unpaired) electrons. The van der Waals surface area contributed by atoms with Gasteiger partial charge in [-0.25, -0.2) is 4.98 Å². The van der Waals surface area contributed by atoms with E-state index in [4.69, 9.17) is 9.47 Å². The van der Waals surface area contributed by atoms with Crippen LogP contribution in [0.3, 0.4) is 0 Å². The number of para-hydroxylation sites is 1. The van der Waals surface area contributed by atoms with Gasteiger partial charge in [-0.05, 0) is 63.3 Å². The second-order valence-electron chi connectivity index (χ2n) is 10.6. The fourth-order valence-corrected chi connectivity index (χ4v) is 5.09. The van der Waals surface area contributed by atoms with Crippen molar-refractivity contribution < 1.29 is 27.8 Å². The summed E-state index contributed by atoms with van der Waals surface area (Å²) < 4.78 is 41.1. The number of rotatable bonds is 9. The molecular weight excluding hydrogens is 560 g/mol. The van der Waals surface area contributed by atoms with Gasteiger partial charge in [0.2, 0.25) is 5.95 Å². The molecule has 2 amide bonds. The molecule has 2 N–H and O–H groups in total. The van der Waals surface area contributed by atoms with E-state index in [1.165, 1.54) is 25.3 Å². The van der Waals surface area contributed by atoms with Gasteiger partial charge in [0.1, 0.15) is 23.8 Å². The number of carbonyl (C=O) groups excluding carboxylic acids is 2. The normalized spacial score (nSPS) is 17.2. The number of aromatic nitrogens is 2. The average Bonchev–Trinajstić information content (AvgIpc) is 3.07. The highest BCUT2D eigenvalue weighted by Gasteiger charge is 2.47. The minimum absolute atomic E-state index is 0.0411. The van der Waals surface area contributed by atoms with Gasteiger partial charge in [0.05, 0.1) is 32.1 Å². The Morgan fingerprint density at radius 1 is 1.12 bits per heavy atom. The Balaban J connectivity index is 1.35. The third-order valence-corrected chi connectivity index (χ3v) is 7.55. The average molecular weight is 596 g/mol. The molecule has 228 valence electrons. The minimum Gasteiger partial charge on any atom is -0.495 e. The Kier molecular flexibility index (Phi) is 8.90. The minimum atomic E-state index is -3.65. The molecule has 13 heteroatoms. The number of nitrogens with one attached hydrogen (secondary N) is 2. The number of alkyl halides is 2. The molecule has 0 unspecified atom stereocenters. The number of hydrogen-bond acceptors (Lipinski definition) is 9. The first-order chi connectivity index (χ1) is 20.6. The van der Waals surface area contributed by atoms with E-state index in [9.17, 15) is 18.4 Å². The fraction of sp³-hybridized carbons (Fsp3) is 0.400. The van der Waals surface area contributed by atoms with Crippen LogP contribution < -0.4 is 29.9 Å². The van der Waals surface area contributed by atoms with Crippen LogP contribution in [0.25, 0.3) is 0 Å². The molecule has 2 aromatic carbocycles. The van der Waals surface area contributed by atoms with Crippen molar-refractivity contribution in [1.29, 1.82) is 0 Å². The molecule has 3 heterocycles. The summed E-state index contributed by atoms with van der Waals surface area (Å²) in [5.74, 6) is -3.97. The molecule has 1 saturated heterocycles. The second-order valence-corrected chi connectivity index (χ2v) is 10.6. The largest absolute Gasteiger partial charge is 0.495 e. The number of nitrogens with zero attached hydrogens (tertiary/aromatic N) is 5. The van der Waals surface area contributed by atoms with Crippen LogP contribution in [0.4, 0.5) is 31.9 Å². The molecule has 0 bridgehead atoms. The lowest BCUT2D eigenvalue weighted by Crippen LogP contribution is -2.46. The van der Waals surface area contributed by atoms with Crippen LogP contribution in [0, 0.1) is 0 Å². The number of fused-ring (bicyclic) bond motifs is 1. The van der Waals surface area contributed by atoms with Crippen LogP contribution >= 0.6 is 0 Å². The van der Waals surface area contributed by atoms with Gasteiger partial charge in [0.25, 0.3) is 11.8 Å². The van der Waals surface area contributed by atoms with E-state index in [0.717, 1.165) is 30.8 Å². The number of amides is 2. The molecule has 11 nitrogen and oxygen atoms in total. The lowest BCUT2D eigenvalue weighted by Gasteiger charge is -2.29. The third kappa shape index (κ3) is 6.94. The molecule has 43 heavy (non-hydrogen) atoms. The van der Waals surface area contributed by atoms with Gasteiger partial charge in [-0.1, -0.05) is 18.2 Å². The molecule has 1 fully saturated rings. The highest BCUT2D eigenvalue weighted by atomic mass is 19.3. The summed E-state index contributed by atoms with van der Waals surface area (Å²) in [5.41, 5.74) is 1.05. The Morgan fingerprint density at radius 3 is 2.58 bits per heavy atom. The second kappa shape index (κ2) is 12.8. The topological polar surface area (TPSA) is 112 Å². The number of methoxy groups -OCH3 is 1. The summed E-state index contributed by atoms with van der Waals surface area (Å²) in [7, 11) is 4.82. The van der Waals surface area contributed by atoms with Gasteiger partial charge >= 0.3 is 5.92 Å². The van der Waals surface area contributed by atoms with Crippen molar-refractivity contribution in [2.75, 3.05) is 69.1 Å². The summed E-state index contributed by atoms with van der Waals surface area (Å²) in [6, 6.07) is 14.1. The summed E-state index contributed by atoms with van der Waals surface area (Å²) in [6.45, 7) is 1.11. The van der Waals surface area contributed by atoms with Gasteiger partial charge < -0.3 is 34.8 Å². The van der Waals surface area contributed by atoms with Crippen LogP contribution in [-0.2, 0) is 4.79 Å². The van der Waals surface area contributed by atoms with E-state index in [-0.39, 0.29) is 42.6 Å². The maximum atomic E-state index is 14.9. The van der Waals surface area contributed by atoms with Crippen molar-refractivity contribution in [2.24, 2.45) is 0 Å². The Morgan fingerprint density at radius 2 is 1.86 bits per heavy atom. The number of likely N-dealkylation sites (tertiary alicyclic amines) is 1. The first-order valence-electron chi connectivity index (χ1n) is 14.0. The zero-order valence-electron chi connectivity index (χ0n) is 24.3. The van der Waals surface area contributed by atoms with Gasteiger partial charge in [0.15, 0.2) is 5.82 Å². The van der Waals surface area contributed by atoms with E-state index in [1.807, 2.05) is 18.2 Å². The van der Waals surface area contributed by atoms with Gasteiger partial charge in [-0.15, -0.1) is 0 Å². The molecule has 0 saturated carbocycles. The lowest BCUT2D eigenvalue weighted by molar-refractivity contribution is -0.140. The number of halogens is 2. The Labute approximate surface area is 248 Å². The number of piperidine rings is 1. The molecule has 5 rings (SSSR count). The summed E-state index contributed by atoms with van der Waals surface area (Å²) >= 11 is 0. The summed E-state index contributed by atoms with van der Waals surface area (Å²) in [6.07, 6.45) is 3.10. The lowest BCUT2D eigenvalue weighted by atomic mass is 10.0. The highest BCUT2D eigenvalue weighted by Crippen LogP contribution is 2.36. The molecule has 0 spiro atoms. The van der Waals surface area contributed by atoms with Crippen LogP contribution in [-0.4, -0.2) is 92.6 Å². The van der Waals surface area contributed by atoms with E-state index >= 15 is 0 Å². The number of anilines is 4. The predicted octanol–water partition coefficient (Wildman–Crippen LogP) is 3.55. The number of benzene rings is 2. The van der Waals surface area contributed by atoms with Crippen LogP contribution in [0.15, 0.2) is 54.7 Å². The first-order valence-corrected chi connectivity index (χ1v) is 14.0. The molecule has 3 aromatic rings. The fourth-order valence-electron chi connectivity index (χ4n) is 5.09. The van der Waals surface area contributed by atoms with E-state index in [1.54, 1.807) is 30.3 Å². The number of carbonyl (C=O) groups is 2. The maximum Gasteiger partial charge on any atom is 0.342 e. The molecule has 0 atom stereocenters. The van der Waals surface area contributed by atoms with Crippen molar-refractivity contribution in [1.82, 2.24) is 20.2 Å². The van der Waals surface area contributed by atoms with Gasteiger partial charge in [0, 0.05) is 18.7 Å². The van der Waals surface area contributed by atoms with E-state index < -0.39 is 18.4 Å². The Bertz CT molecular complexity index is 1450. The molecule has 1 aromatic heterocycles. The van der Waals surface area contributed by atoms with Crippen molar-refractivity contribution in [3.63, 3.8) is 0 Å². The van der Waals surface area contributed by atoms with Gasteiger partial charge in [-0.3, -0.25) is 9.59 Å². The number of hydrogen-bond donors (Lipinski definition) is 2. The zero-order valence-corrected chi connectivity index (χ0v) is 24.3. The molecule has 0 aliphatic carbocycles. The molecular formula is C30H35F2N7O4. The molecule has 2 aliphatic rings. The monoisotopic (exact) mass is 595 g/mol. The van der Waals surface area contributed by atoms with Crippen molar-refractivity contribution in [3.8, 4) is 11.5 Å². The van der Waals surface area contributed by atoms with Gasteiger partial charge in [-0.2, -0.15) is 13.8 Å². The van der Waals surface area contributed by atoms with Crippen molar-refractivity contribution >= 4 is 35.0 Å². The van der Waals surface area contributed by atoms with Crippen molar-refractivity contribution in [3.05, 3.63) is 60.3 Å². The SMILES string of the molecule is COc1cc(C(=O)NC2CCN(C)CC2)ccc1Nc1ncc2c(n1)N(CCOc1ccccc1)CC(F)(F)C(=O)N2C. The Hall–Kier alpha value is -4.52. The first kappa shape index (κ1) is 30.0. The van der Waals surface area contributed by atoms with Crippen LogP contribution in [0.5, 0.6) is 11.5 Å². The maximum absolute atomic E-state index is 14.9. The smallest absolute Gasteiger partial charge is 0.342 e. The summed E-state index contributed by atoms with van der Waals surface area (Å²) in [5, 5.41) is 6.15. The van der Waals surface area contributed by atoms with E-state index in [2.05, 4.69) is 32.5 Å². The van der Waals surface area contributed by atoms with E-state index in [0.29, 0.717) is 22.7 Å². The van der Waals surface area contributed by atoms with Crippen molar-refractivity contribution in [2.45, 2.75) is 24.8 Å². The standard InChI is InChI=1S/C30H35F2N7O4/c1-37-13-11-21(12-14-37)34-27(40)20-9-10-23(25(17-20)42-3)35-29-33-18-24-26(36-29)39(19-30(31,32)28(41)38(24)2)15-16-43-22-7-5-4-6-8-22/h4-10,17-18,21H,11-16,19H2,1-3H3,(H,34,40)(H,33,35,36). The highest BCUT2D eigenvalue weighted by molar-refractivity contribution is 6.02. The van der Waals surface area contributed by atoms with Crippen LogP contribution in [0.2, 0.25) is 0 Å².